The number of thioether (sulfide) groups is 1. The molecule has 2 aromatic heterocycles. The SMILES string of the molecule is Cc1cc(C)n2nc(SCC(=O)O[C@@H]3C[C@H](C)CC[C@@H]3C(C)C)nc2n1. The number of carbonyl (C=O) groups is 1. The molecule has 0 unspecified atom stereocenters. The van der Waals surface area contributed by atoms with Gasteiger partial charge >= 0.3 is 5.97 Å². The first-order valence-electron chi connectivity index (χ1n) is 9.36. The van der Waals surface area contributed by atoms with Crippen LogP contribution in [0.1, 0.15) is 51.4 Å². The first-order valence-corrected chi connectivity index (χ1v) is 10.4. The van der Waals surface area contributed by atoms with Gasteiger partial charge in [0, 0.05) is 11.4 Å². The van der Waals surface area contributed by atoms with Crippen molar-refractivity contribution in [3.05, 3.63) is 17.5 Å². The molecule has 3 rings (SSSR count). The number of fused-ring (bicyclic) bond motifs is 1. The Kier molecular flexibility index (Phi) is 5.85. The second kappa shape index (κ2) is 7.94. The fourth-order valence-electron chi connectivity index (χ4n) is 3.79. The van der Waals surface area contributed by atoms with Crippen LogP contribution >= 0.6 is 11.8 Å². The highest BCUT2D eigenvalue weighted by atomic mass is 32.2. The van der Waals surface area contributed by atoms with Crippen LogP contribution < -0.4 is 0 Å². The Hall–Kier alpha value is -1.63. The third-order valence-corrected chi connectivity index (χ3v) is 5.97. The van der Waals surface area contributed by atoms with Gasteiger partial charge in [0.25, 0.3) is 5.78 Å². The molecule has 1 aliphatic rings. The van der Waals surface area contributed by atoms with Gasteiger partial charge in [-0.1, -0.05) is 39.0 Å². The summed E-state index contributed by atoms with van der Waals surface area (Å²) in [5.41, 5.74) is 1.88. The molecule has 0 amide bonds. The van der Waals surface area contributed by atoms with Crippen molar-refractivity contribution in [2.24, 2.45) is 17.8 Å². The van der Waals surface area contributed by atoms with Crippen molar-refractivity contribution in [1.29, 1.82) is 0 Å². The molecule has 0 N–H and O–H groups in total. The summed E-state index contributed by atoms with van der Waals surface area (Å²) >= 11 is 1.31. The highest BCUT2D eigenvalue weighted by Crippen LogP contribution is 2.35. The van der Waals surface area contributed by atoms with Crippen LogP contribution in [0.2, 0.25) is 0 Å². The van der Waals surface area contributed by atoms with Gasteiger partial charge in [0.1, 0.15) is 6.10 Å². The molecule has 0 saturated heterocycles. The molecule has 1 saturated carbocycles. The fourth-order valence-corrected chi connectivity index (χ4v) is 4.39. The predicted molar refractivity (Wildman–Crippen MR) is 102 cm³/mol. The maximum atomic E-state index is 12.4. The zero-order valence-electron chi connectivity index (χ0n) is 16.2. The number of hydrogen-bond donors (Lipinski definition) is 0. The molecule has 142 valence electrons. The molecule has 6 nitrogen and oxygen atoms in total. The van der Waals surface area contributed by atoms with E-state index in [1.807, 2.05) is 19.9 Å². The Morgan fingerprint density at radius 2 is 2.12 bits per heavy atom. The van der Waals surface area contributed by atoms with Crippen LogP contribution in [0.4, 0.5) is 0 Å². The van der Waals surface area contributed by atoms with Gasteiger partial charge in [0.15, 0.2) is 0 Å². The highest BCUT2D eigenvalue weighted by molar-refractivity contribution is 7.99. The van der Waals surface area contributed by atoms with Crippen LogP contribution in [0.3, 0.4) is 0 Å². The maximum Gasteiger partial charge on any atom is 0.316 e. The minimum absolute atomic E-state index is 0.0347. The summed E-state index contributed by atoms with van der Waals surface area (Å²) in [5, 5.41) is 4.98. The lowest BCUT2D eigenvalue weighted by Crippen LogP contribution is -2.36. The van der Waals surface area contributed by atoms with Crippen molar-refractivity contribution in [1.82, 2.24) is 19.6 Å². The lowest BCUT2D eigenvalue weighted by atomic mass is 9.75. The summed E-state index contributed by atoms with van der Waals surface area (Å²) in [5.74, 6) is 2.23. The molecular formula is C19H28N4O2S. The molecule has 1 aliphatic carbocycles. The summed E-state index contributed by atoms with van der Waals surface area (Å²) in [7, 11) is 0. The Bertz CT molecular complexity index is 789. The van der Waals surface area contributed by atoms with E-state index in [0.29, 0.717) is 28.7 Å². The van der Waals surface area contributed by atoms with Crippen LogP contribution in [0, 0.1) is 31.6 Å². The van der Waals surface area contributed by atoms with E-state index >= 15 is 0 Å². The lowest BCUT2D eigenvalue weighted by Gasteiger charge is -2.36. The Balaban J connectivity index is 1.60. The highest BCUT2D eigenvalue weighted by Gasteiger charge is 2.33. The van der Waals surface area contributed by atoms with Crippen LogP contribution in [-0.2, 0) is 9.53 Å². The molecule has 3 atom stereocenters. The minimum Gasteiger partial charge on any atom is -0.461 e. The van der Waals surface area contributed by atoms with Crippen LogP contribution in [0.15, 0.2) is 11.2 Å². The molecule has 0 radical (unpaired) electrons. The smallest absolute Gasteiger partial charge is 0.316 e. The van der Waals surface area contributed by atoms with Crippen molar-refractivity contribution in [2.75, 3.05) is 5.75 Å². The van der Waals surface area contributed by atoms with E-state index in [1.165, 1.54) is 18.2 Å². The number of aryl methyl sites for hydroxylation is 2. The normalized spacial score (nSPS) is 23.5. The van der Waals surface area contributed by atoms with Gasteiger partial charge in [-0.3, -0.25) is 4.79 Å². The lowest BCUT2D eigenvalue weighted by molar-refractivity contribution is -0.152. The molecule has 26 heavy (non-hydrogen) atoms. The van der Waals surface area contributed by atoms with Gasteiger partial charge in [-0.15, -0.1) is 5.10 Å². The second-order valence-electron chi connectivity index (χ2n) is 7.79. The Labute approximate surface area is 159 Å². The number of nitrogens with zero attached hydrogens (tertiary/aromatic N) is 4. The maximum absolute atomic E-state index is 12.4. The third kappa shape index (κ3) is 4.37. The van der Waals surface area contributed by atoms with E-state index in [4.69, 9.17) is 4.74 Å². The summed E-state index contributed by atoms with van der Waals surface area (Å²) in [6.07, 6.45) is 3.37. The third-order valence-electron chi connectivity index (χ3n) is 5.16. The molecule has 7 heteroatoms. The zero-order chi connectivity index (χ0) is 18.8. The van der Waals surface area contributed by atoms with Gasteiger partial charge in [-0.25, -0.2) is 9.50 Å². The Morgan fingerprint density at radius 1 is 1.35 bits per heavy atom. The predicted octanol–water partition coefficient (Wildman–Crippen LogP) is 3.84. The molecule has 2 aromatic rings. The molecule has 1 fully saturated rings. The quantitative estimate of drug-likeness (QED) is 0.583. The average molecular weight is 377 g/mol. The number of aromatic nitrogens is 4. The zero-order valence-corrected chi connectivity index (χ0v) is 17.0. The van der Waals surface area contributed by atoms with Crippen molar-refractivity contribution in [3.8, 4) is 0 Å². The van der Waals surface area contributed by atoms with Crippen LogP contribution in [-0.4, -0.2) is 37.4 Å². The van der Waals surface area contributed by atoms with Gasteiger partial charge in [-0.2, -0.15) is 4.98 Å². The van der Waals surface area contributed by atoms with Crippen LogP contribution in [0.25, 0.3) is 5.78 Å². The van der Waals surface area contributed by atoms with Crippen molar-refractivity contribution in [3.63, 3.8) is 0 Å². The minimum atomic E-state index is -0.181. The fraction of sp³-hybridized carbons (Fsp3) is 0.684. The number of rotatable bonds is 5. The van der Waals surface area contributed by atoms with Crippen molar-refractivity contribution in [2.45, 2.75) is 65.1 Å². The summed E-state index contributed by atoms with van der Waals surface area (Å²) in [4.78, 5) is 21.2. The van der Waals surface area contributed by atoms with Gasteiger partial charge in [0.05, 0.1) is 5.75 Å². The van der Waals surface area contributed by atoms with Gasteiger partial charge in [0.2, 0.25) is 5.16 Å². The second-order valence-corrected chi connectivity index (χ2v) is 8.73. The molecular weight excluding hydrogens is 348 g/mol. The van der Waals surface area contributed by atoms with E-state index in [0.717, 1.165) is 24.2 Å². The first-order chi connectivity index (χ1) is 12.3. The van der Waals surface area contributed by atoms with Crippen LogP contribution in [0.5, 0.6) is 0 Å². The van der Waals surface area contributed by atoms with E-state index in [9.17, 15) is 4.79 Å². The average Bonchev–Trinajstić information content (AvgIpc) is 2.96. The molecule has 0 bridgehead atoms. The van der Waals surface area contributed by atoms with Gasteiger partial charge in [-0.05, 0) is 50.5 Å². The van der Waals surface area contributed by atoms with E-state index in [2.05, 4.69) is 35.8 Å². The number of esters is 1. The van der Waals surface area contributed by atoms with E-state index in [-0.39, 0.29) is 17.8 Å². The van der Waals surface area contributed by atoms with Crippen molar-refractivity contribution < 1.29 is 9.53 Å². The standard InChI is InChI=1S/C19H28N4O2S/c1-11(2)15-7-6-12(3)8-16(15)25-17(24)10-26-19-21-18-20-13(4)9-14(5)23(18)22-19/h9,11-12,15-16H,6-8,10H2,1-5H3/t12-,15-,16-/m1/s1. The van der Waals surface area contributed by atoms with E-state index < -0.39 is 0 Å². The van der Waals surface area contributed by atoms with Crippen molar-refractivity contribution >= 4 is 23.5 Å². The Morgan fingerprint density at radius 3 is 2.85 bits per heavy atom. The number of hydrogen-bond acceptors (Lipinski definition) is 6. The molecule has 0 spiro atoms. The van der Waals surface area contributed by atoms with Gasteiger partial charge < -0.3 is 4.74 Å². The largest absolute Gasteiger partial charge is 0.461 e. The first kappa shape index (κ1) is 19.1. The molecule has 0 aliphatic heterocycles. The monoisotopic (exact) mass is 376 g/mol. The number of ether oxygens (including phenoxy) is 1. The molecule has 0 aromatic carbocycles. The number of carbonyl (C=O) groups excluding carboxylic acids is 1. The van der Waals surface area contributed by atoms with E-state index in [1.54, 1.807) is 4.52 Å². The summed E-state index contributed by atoms with van der Waals surface area (Å²) in [6.45, 7) is 10.6. The molecule has 2 heterocycles. The summed E-state index contributed by atoms with van der Waals surface area (Å²) < 4.78 is 7.54. The summed E-state index contributed by atoms with van der Waals surface area (Å²) in [6, 6.07) is 1.96. The topological polar surface area (TPSA) is 69.4 Å².